The topological polar surface area (TPSA) is 56.6 Å². The van der Waals surface area contributed by atoms with Crippen molar-refractivity contribution in [3.63, 3.8) is 0 Å². The number of morpholine rings is 1. The smallest absolute Gasteiger partial charge is 0.307 e. The van der Waals surface area contributed by atoms with E-state index in [1.54, 1.807) is 6.08 Å². The first-order valence-electron chi connectivity index (χ1n) is 9.14. The summed E-state index contributed by atoms with van der Waals surface area (Å²) < 4.78 is 12.3. The van der Waals surface area contributed by atoms with Gasteiger partial charge in [0.1, 0.15) is 0 Å². The fraction of sp³-hybridized carbons (Fsp3) is 0.333. The first-order chi connectivity index (χ1) is 13.6. The van der Waals surface area contributed by atoms with Crippen LogP contribution in [-0.4, -0.2) is 48.7 Å². The predicted molar refractivity (Wildman–Crippen MR) is 111 cm³/mol. The maximum atomic E-state index is 11.9. The molecule has 1 saturated heterocycles. The van der Waals surface area contributed by atoms with Gasteiger partial charge in [-0.2, -0.15) is 0 Å². The molecule has 0 radical (unpaired) electrons. The van der Waals surface area contributed by atoms with Gasteiger partial charge in [0.25, 0.3) is 0 Å². The Morgan fingerprint density at radius 2 is 2.18 bits per heavy atom. The van der Waals surface area contributed by atoms with Gasteiger partial charge in [0.05, 0.1) is 43.8 Å². The molecule has 3 rings (SSSR count). The molecule has 148 valence electrons. The fourth-order valence-electron chi connectivity index (χ4n) is 3.36. The van der Waals surface area contributed by atoms with Crippen LogP contribution in [0.1, 0.15) is 13.3 Å². The predicted octanol–water partition coefficient (Wildman–Crippen LogP) is 2.06. The van der Waals surface area contributed by atoms with Gasteiger partial charge in [-0.3, -0.25) is 4.79 Å². The Hall–Kier alpha value is -2.57. The number of nitrogens with zero attached hydrogens (tertiary/aromatic N) is 3. The lowest BCUT2D eigenvalue weighted by molar-refractivity contribution is -0.141. The van der Waals surface area contributed by atoms with Gasteiger partial charge in [-0.15, -0.1) is 5.10 Å². The molecule has 1 aliphatic rings. The highest BCUT2D eigenvalue weighted by Gasteiger charge is 2.29. The molecule has 0 N–H and O–H groups in total. The normalized spacial score (nSPS) is 18.4. The van der Waals surface area contributed by atoms with E-state index in [0.29, 0.717) is 24.8 Å². The second-order valence-corrected chi connectivity index (χ2v) is 6.84. The highest BCUT2D eigenvalue weighted by molar-refractivity contribution is 6.30. The number of hydrogen-bond donors (Lipinski definition) is 0. The Morgan fingerprint density at radius 3 is 2.82 bits per heavy atom. The molecule has 6 nitrogen and oxygen atoms in total. The van der Waals surface area contributed by atoms with Gasteiger partial charge in [0.2, 0.25) is 0 Å². The van der Waals surface area contributed by atoms with E-state index in [1.807, 2.05) is 48.0 Å². The van der Waals surface area contributed by atoms with E-state index in [1.165, 1.54) is 7.11 Å². The molecule has 1 aromatic carbocycles. The average Bonchev–Trinajstić information content (AvgIpc) is 3.07. The molecule has 0 bridgehead atoms. The Balaban J connectivity index is 2.14. The minimum atomic E-state index is -0.269. The Morgan fingerprint density at radius 1 is 1.43 bits per heavy atom. The van der Waals surface area contributed by atoms with Crippen molar-refractivity contribution in [1.82, 2.24) is 9.78 Å². The van der Waals surface area contributed by atoms with Crippen LogP contribution in [0.2, 0.25) is 5.02 Å². The molecule has 7 heteroatoms. The van der Waals surface area contributed by atoms with Crippen LogP contribution in [0.4, 0.5) is 5.82 Å². The highest BCUT2D eigenvalue weighted by atomic mass is 35.5. The van der Waals surface area contributed by atoms with E-state index in [0.717, 1.165) is 22.1 Å². The van der Waals surface area contributed by atoms with E-state index >= 15 is 0 Å². The summed E-state index contributed by atoms with van der Waals surface area (Å²) in [6.45, 7) is 7.48. The number of carbonyl (C=O) groups is 1. The lowest BCUT2D eigenvalue weighted by Crippen LogP contribution is -2.49. The van der Waals surface area contributed by atoms with Crippen molar-refractivity contribution in [1.29, 1.82) is 0 Å². The van der Waals surface area contributed by atoms with Crippen molar-refractivity contribution in [2.75, 3.05) is 31.8 Å². The summed E-state index contributed by atoms with van der Waals surface area (Å²) in [4.78, 5) is 14.0. The molecule has 28 heavy (non-hydrogen) atoms. The number of aromatic nitrogens is 2. The Bertz CT molecular complexity index is 966. The van der Waals surface area contributed by atoms with Crippen LogP contribution < -0.4 is 15.5 Å². The van der Waals surface area contributed by atoms with Crippen LogP contribution in [0.25, 0.3) is 17.8 Å². The second-order valence-electron chi connectivity index (χ2n) is 6.40. The summed E-state index contributed by atoms with van der Waals surface area (Å²) in [5.41, 5.74) is 0.903. The summed E-state index contributed by atoms with van der Waals surface area (Å²) in [6.07, 6.45) is 5.93. The van der Waals surface area contributed by atoms with Crippen molar-refractivity contribution >= 4 is 35.5 Å². The molecule has 1 fully saturated rings. The average molecular weight is 402 g/mol. The largest absolute Gasteiger partial charge is 0.469 e. The van der Waals surface area contributed by atoms with Crippen molar-refractivity contribution in [3.05, 3.63) is 52.5 Å². The number of halogens is 1. The molecule has 0 aliphatic carbocycles. The Kier molecular flexibility index (Phi) is 6.54. The summed E-state index contributed by atoms with van der Waals surface area (Å²) in [5.74, 6) is 0.523. The van der Waals surface area contributed by atoms with Crippen LogP contribution in [0.3, 0.4) is 0 Å². The van der Waals surface area contributed by atoms with Crippen molar-refractivity contribution in [2.45, 2.75) is 19.4 Å². The van der Waals surface area contributed by atoms with Gasteiger partial charge in [-0.25, -0.2) is 4.68 Å². The van der Waals surface area contributed by atoms with Gasteiger partial charge in [0.15, 0.2) is 5.82 Å². The van der Waals surface area contributed by atoms with Crippen molar-refractivity contribution < 1.29 is 14.3 Å². The maximum absolute atomic E-state index is 11.9. The van der Waals surface area contributed by atoms with E-state index in [-0.39, 0.29) is 18.4 Å². The van der Waals surface area contributed by atoms with Crippen LogP contribution >= 0.6 is 11.6 Å². The summed E-state index contributed by atoms with van der Waals surface area (Å²) in [7, 11) is 1.40. The standard InChI is InChI=1S/C21H24ClN3O3/c1-4-6-18-19(5-2)25(16-9-7-15(22)8-10-16)23-21(18)24-11-12-28-14-17(24)13-20(26)27-3/h4-10,17H,1,11-14H2,2-3H3/b18-6+,19-5+. The third-order valence-corrected chi connectivity index (χ3v) is 4.95. The molecule has 1 aliphatic heterocycles. The molecule has 0 spiro atoms. The van der Waals surface area contributed by atoms with E-state index in [9.17, 15) is 4.79 Å². The summed E-state index contributed by atoms with van der Waals surface area (Å²) in [6, 6.07) is 7.38. The number of carbonyl (C=O) groups excluding carboxylic acids is 1. The third-order valence-electron chi connectivity index (χ3n) is 4.70. The van der Waals surface area contributed by atoms with Crippen LogP contribution in [-0.2, 0) is 14.3 Å². The third kappa shape index (κ3) is 4.13. The summed E-state index contributed by atoms with van der Waals surface area (Å²) >= 11 is 6.04. The quantitative estimate of drug-likeness (QED) is 0.718. The minimum absolute atomic E-state index is 0.142. The highest BCUT2D eigenvalue weighted by Crippen LogP contribution is 2.18. The number of rotatable bonds is 5. The van der Waals surface area contributed by atoms with Gasteiger partial charge >= 0.3 is 5.97 Å². The van der Waals surface area contributed by atoms with E-state index < -0.39 is 0 Å². The fourth-order valence-corrected chi connectivity index (χ4v) is 3.48. The molecule has 1 atom stereocenters. The number of allylic oxidation sites excluding steroid dienone is 1. The molecule has 2 aromatic rings. The monoisotopic (exact) mass is 401 g/mol. The van der Waals surface area contributed by atoms with E-state index in [2.05, 4.69) is 11.5 Å². The van der Waals surface area contributed by atoms with Crippen molar-refractivity contribution in [3.8, 4) is 5.69 Å². The van der Waals surface area contributed by atoms with Gasteiger partial charge in [-0.1, -0.05) is 30.3 Å². The molecule has 2 heterocycles. The lowest BCUT2D eigenvalue weighted by atomic mass is 10.1. The number of methoxy groups -OCH3 is 1. The minimum Gasteiger partial charge on any atom is -0.469 e. The van der Waals surface area contributed by atoms with Gasteiger partial charge in [-0.05, 0) is 37.3 Å². The summed E-state index contributed by atoms with van der Waals surface area (Å²) in [5, 5.41) is 7.45. The SMILES string of the molecule is C=C/C=c1/c(N2CCOCC2CC(=O)OC)nn(-c2ccc(Cl)cc2)/c1=C/C. The lowest BCUT2D eigenvalue weighted by Gasteiger charge is -2.35. The van der Waals surface area contributed by atoms with Crippen LogP contribution in [0.5, 0.6) is 0 Å². The Labute approximate surface area is 169 Å². The first kappa shape index (κ1) is 20.2. The number of anilines is 1. The molecule has 0 saturated carbocycles. The number of hydrogen-bond acceptors (Lipinski definition) is 5. The van der Waals surface area contributed by atoms with Gasteiger partial charge < -0.3 is 14.4 Å². The molecular formula is C21H24ClN3O3. The van der Waals surface area contributed by atoms with E-state index in [4.69, 9.17) is 26.2 Å². The molecule has 1 unspecified atom stereocenters. The number of benzene rings is 1. The number of ether oxygens (including phenoxy) is 2. The molecular weight excluding hydrogens is 378 g/mol. The molecule has 0 amide bonds. The van der Waals surface area contributed by atoms with Gasteiger partial charge in [0, 0.05) is 16.8 Å². The zero-order valence-electron chi connectivity index (χ0n) is 16.1. The van der Waals surface area contributed by atoms with Crippen LogP contribution in [0.15, 0.2) is 36.9 Å². The molecule has 1 aromatic heterocycles. The van der Waals surface area contributed by atoms with Crippen LogP contribution in [0, 0.1) is 0 Å². The zero-order valence-corrected chi connectivity index (χ0v) is 16.9. The second kappa shape index (κ2) is 9.08. The van der Waals surface area contributed by atoms with Crippen molar-refractivity contribution in [2.24, 2.45) is 0 Å². The zero-order chi connectivity index (χ0) is 20.1. The first-order valence-corrected chi connectivity index (χ1v) is 9.52. The maximum Gasteiger partial charge on any atom is 0.307 e. The number of esters is 1.